The van der Waals surface area contributed by atoms with E-state index in [2.05, 4.69) is 14.9 Å². The van der Waals surface area contributed by atoms with Crippen LogP contribution >= 0.6 is 0 Å². The van der Waals surface area contributed by atoms with E-state index >= 15 is 0 Å². The van der Waals surface area contributed by atoms with E-state index in [1.54, 1.807) is 43.6 Å². The first-order chi connectivity index (χ1) is 18.9. The van der Waals surface area contributed by atoms with Crippen molar-refractivity contribution in [1.29, 1.82) is 0 Å². The number of aromatic nitrogens is 4. The monoisotopic (exact) mass is 541 g/mol. The molecule has 0 atom stereocenters. The van der Waals surface area contributed by atoms with Crippen molar-refractivity contribution >= 4 is 26.4 Å². The standard InChI is InChI=1S/C29H27N5O4S/c1-3-39(36,37)26-9-8-22(33-11-4-5-12-33)16-24(26)34-29(35)28-23(7-6-10-31-28)27(32-34)21-14-19(2)13-20(15-21)25-17-30-18-38-25/h6-10,13-18H,3-5,11-12H2,1-2H3. The zero-order valence-corrected chi connectivity index (χ0v) is 22.5. The number of oxazole rings is 1. The molecule has 4 heterocycles. The molecule has 1 aliphatic heterocycles. The highest BCUT2D eigenvalue weighted by Crippen LogP contribution is 2.32. The van der Waals surface area contributed by atoms with Gasteiger partial charge in [0.15, 0.2) is 22.0 Å². The molecule has 6 rings (SSSR count). The molecule has 9 nitrogen and oxygen atoms in total. The minimum atomic E-state index is -3.67. The molecule has 0 amide bonds. The van der Waals surface area contributed by atoms with Crippen molar-refractivity contribution in [2.24, 2.45) is 0 Å². The van der Waals surface area contributed by atoms with Crippen molar-refractivity contribution < 1.29 is 12.8 Å². The summed E-state index contributed by atoms with van der Waals surface area (Å²) in [6.45, 7) is 5.31. The number of pyridine rings is 1. The molecule has 0 radical (unpaired) electrons. The zero-order chi connectivity index (χ0) is 27.1. The zero-order valence-electron chi connectivity index (χ0n) is 21.7. The normalized spacial score (nSPS) is 13.8. The largest absolute Gasteiger partial charge is 0.444 e. The van der Waals surface area contributed by atoms with Crippen LogP contribution in [-0.2, 0) is 9.84 Å². The highest BCUT2D eigenvalue weighted by atomic mass is 32.2. The van der Waals surface area contributed by atoms with Crippen LogP contribution in [0.15, 0.2) is 81.4 Å². The third-order valence-corrected chi connectivity index (χ3v) is 8.86. The van der Waals surface area contributed by atoms with Crippen molar-refractivity contribution in [3.8, 4) is 28.3 Å². The molecule has 1 saturated heterocycles. The predicted molar refractivity (Wildman–Crippen MR) is 150 cm³/mol. The summed E-state index contributed by atoms with van der Waals surface area (Å²) in [4.78, 5) is 24.5. The number of benzene rings is 2. The van der Waals surface area contributed by atoms with Gasteiger partial charge in [-0.05, 0) is 73.9 Å². The molecule has 0 aliphatic carbocycles. The van der Waals surface area contributed by atoms with Crippen LogP contribution in [0.25, 0.3) is 39.2 Å². The van der Waals surface area contributed by atoms with Gasteiger partial charge in [0.05, 0.1) is 22.5 Å². The molecule has 0 N–H and O–H groups in total. The highest BCUT2D eigenvalue weighted by Gasteiger charge is 2.24. The summed E-state index contributed by atoms with van der Waals surface area (Å²) in [5, 5.41) is 5.39. The Morgan fingerprint density at radius 2 is 1.82 bits per heavy atom. The van der Waals surface area contributed by atoms with Gasteiger partial charge in [0.1, 0.15) is 11.2 Å². The van der Waals surface area contributed by atoms with Crippen molar-refractivity contribution in [2.75, 3.05) is 23.7 Å². The Morgan fingerprint density at radius 3 is 2.56 bits per heavy atom. The van der Waals surface area contributed by atoms with Gasteiger partial charge in [0.25, 0.3) is 5.56 Å². The van der Waals surface area contributed by atoms with E-state index < -0.39 is 15.4 Å². The summed E-state index contributed by atoms with van der Waals surface area (Å²) in [7, 11) is -3.67. The fourth-order valence-electron chi connectivity index (χ4n) is 5.13. The molecule has 10 heteroatoms. The molecular formula is C29H27N5O4S. The fraction of sp³-hybridized carbons (Fsp3) is 0.241. The molecule has 39 heavy (non-hydrogen) atoms. The van der Waals surface area contributed by atoms with Crippen LogP contribution in [0.1, 0.15) is 25.3 Å². The molecule has 0 saturated carbocycles. The lowest BCUT2D eigenvalue weighted by molar-refractivity contribution is 0.572. The Bertz CT molecular complexity index is 1860. The molecule has 2 aromatic carbocycles. The lowest BCUT2D eigenvalue weighted by Crippen LogP contribution is -2.26. The van der Waals surface area contributed by atoms with E-state index in [1.807, 2.05) is 31.2 Å². The van der Waals surface area contributed by atoms with E-state index in [1.165, 1.54) is 11.1 Å². The smallest absolute Gasteiger partial charge is 0.298 e. The summed E-state index contributed by atoms with van der Waals surface area (Å²) >= 11 is 0. The number of sulfone groups is 1. The molecule has 0 bridgehead atoms. The number of fused-ring (bicyclic) bond motifs is 1. The van der Waals surface area contributed by atoms with Gasteiger partial charge in [-0.3, -0.25) is 9.78 Å². The first kappa shape index (κ1) is 25.0. The number of rotatable bonds is 6. The second-order valence-electron chi connectivity index (χ2n) is 9.67. The van der Waals surface area contributed by atoms with E-state index in [0.717, 1.165) is 48.3 Å². The van der Waals surface area contributed by atoms with Gasteiger partial charge in [0.2, 0.25) is 0 Å². The van der Waals surface area contributed by atoms with Crippen LogP contribution in [0.4, 0.5) is 5.69 Å². The van der Waals surface area contributed by atoms with Crippen molar-refractivity contribution in [3.63, 3.8) is 0 Å². The van der Waals surface area contributed by atoms with Crippen LogP contribution < -0.4 is 10.5 Å². The number of nitrogens with zero attached hydrogens (tertiary/aromatic N) is 5. The average Bonchev–Trinajstić information content (AvgIpc) is 3.68. The van der Waals surface area contributed by atoms with Crippen LogP contribution in [0.2, 0.25) is 0 Å². The van der Waals surface area contributed by atoms with Gasteiger partial charge < -0.3 is 9.32 Å². The summed E-state index contributed by atoms with van der Waals surface area (Å²) in [5.74, 6) is 0.500. The predicted octanol–water partition coefficient (Wildman–Crippen LogP) is 4.80. The number of aryl methyl sites for hydroxylation is 1. The van der Waals surface area contributed by atoms with Crippen LogP contribution in [0, 0.1) is 6.92 Å². The van der Waals surface area contributed by atoms with Gasteiger partial charge in [-0.2, -0.15) is 9.78 Å². The quantitative estimate of drug-likeness (QED) is 0.301. The number of hydrogen-bond acceptors (Lipinski definition) is 8. The summed E-state index contributed by atoms with van der Waals surface area (Å²) in [6, 6.07) is 14.6. The van der Waals surface area contributed by atoms with E-state index in [4.69, 9.17) is 9.52 Å². The lowest BCUT2D eigenvalue weighted by atomic mass is 10.0. The average molecular weight is 542 g/mol. The summed E-state index contributed by atoms with van der Waals surface area (Å²) in [6.07, 6.45) is 6.69. The maximum absolute atomic E-state index is 13.8. The van der Waals surface area contributed by atoms with Gasteiger partial charge in [-0.1, -0.05) is 6.92 Å². The molecule has 0 unspecified atom stereocenters. The second-order valence-corrected chi connectivity index (χ2v) is 11.9. The van der Waals surface area contributed by atoms with Crippen LogP contribution in [0.5, 0.6) is 0 Å². The Labute approximate surface area is 225 Å². The molecule has 0 spiro atoms. The first-order valence-electron chi connectivity index (χ1n) is 12.9. The molecule has 198 valence electrons. The highest BCUT2D eigenvalue weighted by molar-refractivity contribution is 7.91. The summed E-state index contributed by atoms with van der Waals surface area (Å²) < 4.78 is 33.1. The molecule has 1 aliphatic rings. The first-order valence-corrected chi connectivity index (χ1v) is 14.5. The number of anilines is 1. The topological polar surface area (TPSA) is 111 Å². The Morgan fingerprint density at radius 1 is 1.03 bits per heavy atom. The van der Waals surface area contributed by atoms with Crippen molar-refractivity contribution in [2.45, 2.75) is 31.6 Å². The van der Waals surface area contributed by atoms with E-state index in [-0.39, 0.29) is 21.9 Å². The molecule has 3 aromatic heterocycles. The van der Waals surface area contributed by atoms with Crippen molar-refractivity contribution in [3.05, 3.63) is 83.2 Å². The molecule has 5 aromatic rings. The SMILES string of the molecule is CCS(=O)(=O)c1ccc(N2CCCC2)cc1-n1nc(-c2cc(C)cc(-c3cnco3)c2)c2cccnc2c1=O. The van der Waals surface area contributed by atoms with Gasteiger partial charge in [-0.25, -0.2) is 13.4 Å². The Balaban J connectivity index is 1.65. The molecule has 1 fully saturated rings. The molecular weight excluding hydrogens is 514 g/mol. The van der Waals surface area contributed by atoms with Crippen molar-refractivity contribution in [1.82, 2.24) is 19.7 Å². The van der Waals surface area contributed by atoms with Gasteiger partial charge >= 0.3 is 0 Å². The minimum absolute atomic E-state index is 0.0652. The van der Waals surface area contributed by atoms with Gasteiger partial charge in [0, 0.05) is 41.5 Å². The Kier molecular flexibility index (Phi) is 6.26. The second kappa shape index (κ2) is 9.77. The summed E-state index contributed by atoms with van der Waals surface area (Å²) in [5.41, 5.74) is 3.82. The fourth-order valence-corrected chi connectivity index (χ4v) is 6.18. The van der Waals surface area contributed by atoms with E-state index in [0.29, 0.717) is 16.8 Å². The Hall–Kier alpha value is -4.31. The minimum Gasteiger partial charge on any atom is -0.444 e. The third-order valence-electron chi connectivity index (χ3n) is 7.08. The van der Waals surface area contributed by atoms with Crippen LogP contribution in [-0.4, -0.2) is 47.0 Å². The maximum Gasteiger partial charge on any atom is 0.298 e. The maximum atomic E-state index is 13.8. The third kappa shape index (κ3) is 4.50. The number of hydrogen-bond donors (Lipinski definition) is 0. The lowest BCUT2D eigenvalue weighted by Gasteiger charge is -2.21. The van der Waals surface area contributed by atoms with E-state index in [9.17, 15) is 13.2 Å². The van der Waals surface area contributed by atoms with Crippen LogP contribution in [0.3, 0.4) is 0 Å². The van der Waals surface area contributed by atoms with Gasteiger partial charge in [-0.15, -0.1) is 0 Å².